The van der Waals surface area contributed by atoms with Crippen LogP contribution >= 0.6 is 0 Å². The number of nitrogens with one attached hydrogen (secondary N) is 2. The van der Waals surface area contributed by atoms with E-state index in [0.29, 0.717) is 72.7 Å². The largest absolute Gasteiger partial charge is 0.490 e. The lowest BCUT2D eigenvalue weighted by Gasteiger charge is -2.21. The lowest BCUT2D eigenvalue weighted by atomic mass is 9.97. The molecule has 4 rings (SSSR count). The molecule has 0 aliphatic carbocycles. The smallest absolute Gasteiger partial charge is 0.328 e. The van der Waals surface area contributed by atoms with Gasteiger partial charge < -0.3 is 18.9 Å². The fourth-order valence-electron chi connectivity index (χ4n) is 7.59. The van der Waals surface area contributed by atoms with Crippen molar-refractivity contribution in [2.24, 2.45) is 35.5 Å². The Morgan fingerprint density at radius 1 is 0.508 bits per heavy atom. The molecule has 1 aliphatic heterocycles. The van der Waals surface area contributed by atoms with E-state index in [1.54, 1.807) is 0 Å². The van der Waals surface area contributed by atoms with Crippen molar-refractivity contribution in [3.05, 3.63) is 65.2 Å². The quantitative estimate of drug-likeness (QED) is 0.0553. The van der Waals surface area contributed by atoms with Crippen molar-refractivity contribution in [3.8, 4) is 23.0 Å². The van der Waals surface area contributed by atoms with Gasteiger partial charge in [-0.2, -0.15) is 0 Å². The van der Waals surface area contributed by atoms with Crippen LogP contribution in [-0.4, -0.2) is 37.7 Å². The van der Waals surface area contributed by atoms with Crippen LogP contribution in [-0.2, 0) is 16.2 Å². The molecule has 0 bridgehead atoms. The van der Waals surface area contributed by atoms with Crippen LogP contribution in [0.25, 0.3) is 16.8 Å². The fourth-order valence-corrected chi connectivity index (χ4v) is 7.59. The monoisotopic (exact) mass is 841 g/mol. The first-order valence-electron chi connectivity index (χ1n) is 23.3. The lowest BCUT2D eigenvalue weighted by Crippen LogP contribution is -2.51. The van der Waals surface area contributed by atoms with Crippen LogP contribution in [0.5, 0.6) is 23.0 Å². The molecule has 0 saturated carbocycles. The second kappa shape index (κ2) is 25.4. The highest BCUT2D eigenvalue weighted by atomic mass is 16.5. The molecule has 4 amide bonds. The highest BCUT2D eigenvalue weighted by Gasteiger charge is 2.27. The summed E-state index contributed by atoms with van der Waals surface area (Å²) in [6, 6.07) is 14.7. The van der Waals surface area contributed by atoms with Crippen molar-refractivity contribution in [2.75, 3.05) is 19.8 Å². The maximum absolute atomic E-state index is 12.3. The zero-order valence-electron chi connectivity index (χ0n) is 38.8. The van der Waals surface area contributed by atoms with Gasteiger partial charge in [-0.05, 0) is 113 Å². The van der Waals surface area contributed by atoms with Crippen LogP contribution in [0.1, 0.15) is 150 Å². The molecule has 0 aromatic heterocycles. The minimum atomic E-state index is -0.821. The topological polar surface area (TPSA) is 112 Å². The summed E-state index contributed by atoms with van der Waals surface area (Å²) in [7, 11) is 0. The van der Waals surface area contributed by atoms with Gasteiger partial charge in [-0.25, -0.2) is 4.79 Å². The molecular weight excluding hydrogens is 765 g/mol. The maximum atomic E-state index is 12.3. The Balaban J connectivity index is 1.54. The number of barbiturate groups is 1. The minimum absolute atomic E-state index is 0.124. The van der Waals surface area contributed by atoms with Gasteiger partial charge in [-0.1, -0.05) is 138 Å². The molecule has 3 atom stereocenters. The van der Waals surface area contributed by atoms with E-state index in [0.717, 1.165) is 53.4 Å². The first kappa shape index (κ1) is 49.1. The average molecular weight is 841 g/mol. The van der Waals surface area contributed by atoms with E-state index in [2.05, 4.69) is 85.1 Å². The third-order valence-corrected chi connectivity index (χ3v) is 11.6. The number of rotatable bonds is 28. The fraction of sp³-hybridized carbons (Fsp3) is 0.596. The molecule has 0 spiro atoms. The molecular formula is C52H76N2O7. The highest BCUT2D eigenvalue weighted by molar-refractivity contribution is 6.31. The summed E-state index contributed by atoms with van der Waals surface area (Å²) in [6.45, 7) is 22.8. The van der Waals surface area contributed by atoms with Gasteiger partial charge in [-0.15, -0.1) is 0 Å². The molecule has 336 valence electrons. The molecule has 3 aromatic rings. The number of benzene rings is 3. The van der Waals surface area contributed by atoms with Gasteiger partial charge in [-0.3, -0.25) is 20.2 Å². The summed E-state index contributed by atoms with van der Waals surface area (Å²) in [4.78, 5) is 36.0. The summed E-state index contributed by atoms with van der Waals surface area (Å²) in [5, 5.41) is 6.08. The lowest BCUT2D eigenvalue weighted by molar-refractivity contribution is -0.123. The predicted molar refractivity (Wildman–Crippen MR) is 248 cm³/mol. The average Bonchev–Trinajstić information content (AvgIpc) is 3.18. The number of carbonyl (C=O) groups excluding carboxylic acids is 3. The zero-order chi connectivity index (χ0) is 44.3. The SMILES string of the molecule is CC(C)CCC[C@H](C)CCOc1cc(COc2ccc3cc(C=C4C(=O)NC(=O)NC4=O)ccc3c2)cc(OCC[C@@H](C)CCCC(C)C)c1OCC[C@@H](C)CCCC(C)C. The van der Waals surface area contributed by atoms with E-state index in [1.165, 1.54) is 63.9 Å². The molecule has 3 aromatic carbocycles. The van der Waals surface area contributed by atoms with Crippen LogP contribution in [0.15, 0.2) is 54.1 Å². The Bertz CT molecular complexity index is 1810. The van der Waals surface area contributed by atoms with Crippen molar-refractivity contribution in [1.29, 1.82) is 0 Å². The molecule has 61 heavy (non-hydrogen) atoms. The first-order chi connectivity index (χ1) is 29.2. The Morgan fingerprint density at radius 2 is 0.967 bits per heavy atom. The molecule has 1 fully saturated rings. The molecule has 9 heteroatoms. The van der Waals surface area contributed by atoms with Crippen molar-refractivity contribution < 1.29 is 33.3 Å². The summed E-state index contributed by atoms with van der Waals surface area (Å²) in [5.41, 5.74) is 1.47. The third-order valence-electron chi connectivity index (χ3n) is 11.6. The number of amides is 4. The Morgan fingerprint density at radius 3 is 1.46 bits per heavy atom. The van der Waals surface area contributed by atoms with E-state index >= 15 is 0 Å². The van der Waals surface area contributed by atoms with Gasteiger partial charge in [0.2, 0.25) is 5.75 Å². The zero-order valence-corrected chi connectivity index (χ0v) is 38.8. The van der Waals surface area contributed by atoms with Gasteiger partial charge in [0.15, 0.2) is 11.5 Å². The summed E-state index contributed by atoms with van der Waals surface area (Å²) in [6.07, 6.45) is 15.4. The normalized spacial score (nSPS) is 14.6. The molecule has 1 heterocycles. The summed E-state index contributed by atoms with van der Waals surface area (Å²) in [5.74, 6) is 5.19. The number of hydrogen-bond donors (Lipinski definition) is 2. The first-order valence-corrected chi connectivity index (χ1v) is 23.3. The van der Waals surface area contributed by atoms with Gasteiger partial charge in [0.1, 0.15) is 17.9 Å². The molecule has 1 saturated heterocycles. The number of imide groups is 2. The minimum Gasteiger partial charge on any atom is -0.490 e. The van der Waals surface area contributed by atoms with Crippen molar-refractivity contribution in [2.45, 2.75) is 146 Å². The van der Waals surface area contributed by atoms with Crippen molar-refractivity contribution in [3.63, 3.8) is 0 Å². The molecule has 2 N–H and O–H groups in total. The highest BCUT2D eigenvalue weighted by Crippen LogP contribution is 2.40. The van der Waals surface area contributed by atoms with Gasteiger partial charge >= 0.3 is 6.03 Å². The Labute approximate surface area is 367 Å². The molecule has 0 unspecified atom stereocenters. The molecule has 9 nitrogen and oxygen atoms in total. The maximum Gasteiger partial charge on any atom is 0.328 e. The predicted octanol–water partition coefficient (Wildman–Crippen LogP) is 12.9. The number of urea groups is 1. The third kappa shape index (κ3) is 17.8. The molecule has 1 aliphatic rings. The van der Waals surface area contributed by atoms with E-state index in [4.69, 9.17) is 18.9 Å². The van der Waals surface area contributed by atoms with Crippen LogP contribution in [0.2, 0.25) is 0 Å². The number of carbonyl (C=O) groups is 3. The van der Waals surface area contributed by atoms with E-state index in [1.807, 2.05) is 36.4 Å². The van der Waals surface area contributed by atoms with Crippen LogP contribution in [0.4, 0.5) is 4.79 Å². The van der Waals surface area contributed by atoms with Gasteiger partial charge in [0, 0.05) is 0 Å². The second-order valence-corrected chi connectivity index (χ2v) is 19.0. The van der Waals surface area contributed by atoms with E-state index < -0.39 is 17.8 Å². The van der Waals surface area contributed by atoms with Crippen LogP contribution in [0, 0.1) is 35.5 Å². The second-order valence-electron chi connectivity index (χ2n) is 19.0. The number of fused-ring (bicyclic) bond motifs is 1. The Hall–Kier alpha value is -4.53. The van der Waals surface area contributed by atoms with Crippen molar-refractivity contribution >= 4 is 34.7 Å². The van der Waals surface area contributed by atoms with E-state index in [-0.39, 0.29) is 5.57 Å². The summed E-state index contributed by atoms with van der Waals surface area (Å²) < 4.78 is 26.3. The van der Waals surface area contributed by atoms with Crippen molar-refractivity contribution in [1.82, 2.24) is 10.6 Å². The number of hydrogen-bond acceptors (Lipinski definition) is 7. The number of ether oxygens (including phenoxy) is 4. The van der Waals surface area contributed by atoms with Crippen LogP contribution < -0.4 is 29.6 Å². The van der Waals surface area contributed by atoms with Gasteiger partial charge in [0.25, 0.3) is 11.8 Å². The molecule has 0 radical (unpaired) electrons. The van der Waals surface area contributed by atoms with E-state index in [9.17, 15) is 14.4 Å². The van der Waals surface area contributed by atoms with Gasteiger partial charge in [0.05, 0.1) is 19.8 Å². The Kier molecular flexibility index (Phi) is 20.5. The summed E-state index contributed by atoms with van der Waals surface area (Å²) >= 11 is 0. The van der Waals surface area contributed by atoms with Crippen LogP contribution in [0.3, 0.4) is 0 Å². The standard InChI is InChI=1S/C52H76N2O7/c1-35(2)13-10-16-38(7)23-26-58-47-31-42(34-61-45-22-21-43-29-41(19-20-44(43)33-45)30-46-50(55)53-52(57)54-51(46)56)32-48(59-27-24-39(8)17-11-14-36(3)4)49(47)60-28-25-40(9)18-12-15-37(5)6/h19-22,29-33,35-40H,10-18,23-28,34H2,1-9H3,(H2,53,54,55,56,57)/t38-,39-,40-/m0/s1.